The lowest BCUT2D eigenvalue weighted by atomic mass is 9.94. The summed E-state index contributed by atoms with van der Waals surface area (Å²) in [5.74, 6) is 0. The zero-order chi connectivity index (χ0) is 12.2. The Morgan fingerprint density at radius 1 is 1.31 bits per heavy atom. The van der Waals surface area contributed by atoms with Gasteiger partial charge in [0, 0.05) is 11.6 Å². The Morgan fingerprint density at radius 2 is 1.88 bits per heavy atom. The molecule has 1 rings (SSSR count). The maximum absolute atomic E-state index is 11.5. The molecule has 0 heterocycles. The number of urea groups is 1. The van der Waals surface area contributed by atoms with Crippen LogP contribution in [0.15, 0.2) is 24.3 Å². The third-order valence-electron chi connectivity index (χ3n) is 2.33. The predicted octanol–water partition coefficient (Wildman–Crippen LogP) is 2.89. The average Bonchev–Trinajstić information content (AvgIpc) is 2.17. The number of benzene rings is 1. The standard InChI is InChI=1S/C12H17ClN2O/c1-4-14-11(16)15-12(2,3)9-5-7-10(13)8-6-9/h5-8H,4H2,1-3H3,(H2,14,15,16). The van der Waals surface area contributed by atoms with E-state index in [1.54, 1.807) is 0 Å². The van der Waals surface area contributed by atoms with Gasteiger partial charge in [0.25, 0.3) is 0 Å². The summed E-state index contributed by atoms with van der Waals surface area (Å²) in [5.41, 5.74) is 0.604. The molecule has 0 saturated heterocycles. The monoisotopic (exact) mass is 240 g/mol. The number of hydrogen-bond acceptors (Lipinski definition) is 1. The molecule has 1 aromatic rings. The first-order valence-corrected chi connectivity index (χ1v) is 5.65. The molecule has 0 aliphatic rings. The van der Waals surface area contributed by atoms with Crippen molar-refractivity contribution >= 4 is 17.6 Å². The van der Waals surface area contributed by atoms with Gasteiger partial charge in [-0.2, -0.15) is 0 Å². The molecule has 0 radical (unpaired) electrons. The van der Waals surface area contributed by atoms with Gasteiger partial charge in [0.05, 0.1) is 5.54 Å². The van der Waals surface area contributed by atoms with Crippen molar-refractivity contribution < 1.29 is 4.79 Å². The maximum atomic E-state index is 11.5. The van der Waals surface area contributed by atoms with Crippen molar-refractivity contribution in [3.8, 4) is 0 Å². The molecule has 0 bridgehead atoms. The molecule has 4 heteroatoms. The van der Waals surface area contributed by atoms with Crippen LogP contribution in [-0.4, -0.2) is 12.6 Å². The van der Waals surface area contributed by atoms with Crippen LogP contribution in [0.3, 0.4) is 0 Å². The smallest absolute Gasteiger partial charge is 0.315 e. The van der Waals surface area contributed by atoms with Gasteiger partial charge in [-0.15, -0.1) is 0 Å². The first kappa shape index (κ1) is 12.8. The molecule has 0 saturated carbocycles. The summed E-state index contributed by atoms with van der Waals surface area (Å²) in [7, 11) is 0. The quantitative estimate of drug-likeness (QED) is 0.838. The third kappa shape index (κ3) is 3.42. The summed E-state index contributed by atoms with van der Waals surface area (Å²) in [6, 6.07) is 7.29. The van der Waals surface area contributed by atoms with Crippen molar-refractivity contribution in [1.82, 2.24) is 10.6 Å². The van der Waals surface area contributed by atoms with Crippen molar-refractivity contribution in [2.45, 2.75) is 26.3 Å². The van der Waals surface area contributed by atoms with E-state index < -0.39 is 5.54 Å². The SMILES string of the molecule is CCNC(=O)NC(C)(C)c1ccc(Cl)cc1. The van der Waals surface area contributed by atoms with E-state index in [9.17, 15) is 4.79 Å². The van der Waals surface area contributed by atoms with E-state index in [0.29, 0.717) is 11.6 Å². The van der Waals surface area contributed by atoms with Gasteiger partial charge in [0.2, 0.25) is 0 Å². The minimum Gasteiger partial charge on any atom is -0.338 e. The lowest BCUT2D eigenvalue weighted by Crippen LogP contribution is -2.46. The molecule has 0 fully saturated rings. The van der Waals surface area contributed by atoms with Crippen molar-refractivity contribution in [1.29, 1.82) is 0 Å². The molecular formula is C12H17ClN2O. The van der Waals surface area contributed by atoms with Crippen LogP contribution < -0.4 is 10.6 Å². The van der Waals surface area contributed by atoms with Crippen LogP contribution in [0.4, 0.5) is 4.79 Å². The first-order valence-electron chi connectivity index (χ1n) is 5.28. The molecule has 3 nitrogen and oxygen atoms in total. The molecule has 0 aromatic heterocycles. The lowest BCUT2D eigenvalue weighted by Gasteiger charge is -2.27. The number of carbonyl (C=O) groups is 1. The third-order valence-corrected chi connectivity index (χ3v) is 2.58. The Bertz CT molecular complexity index is 360. The van der Waals surface area contributed by atoms with Gasteiger partial charge in [0.15, 0.2) is 0 Å². The second kappa shape index (κ2) is 5.21. The second-order valence-corrected chi connectivity index (χ2v) is 4.55. The molecule has 0 aliphatic heterocycles. The van der Waals surface area contributed by atoms with E-state index in [1.807, 2.05) is 45.0 Å². The van der Waals surface area contributed by atoms with E-state index in [0.717, 1.165) is 5.56 Å². The van der Waals surface area contributed by atoms with Crippen LogP contribution in [-0.2, 0) is 5.54 Å². The number of halogens is 1. The molecule has 0 atom stereocenters. The summed E-state index contributed by atoms with van der Waals surface area (Å²) >= 11 is 5.82. The fourth-order valence-corrected chi connectivity index (χ4v) is 1.55. The van der Waals surface area contributed by atoms with Crippen LogP contribution >= 0.6 is 11.6 Å². The van der Waals surface area contributed by atoms with Crippen molar-refractivity contribution in [2.75, 3.05) is 6.54 Å². The number of amides is 2. The molecule has 2 N–H and O–H groups in total. The Labute approximate surface area is 101 Å². The summed E-state index contributed by atoms with van der Waals surface area (Å²) in [5, 5.41) is 6.30. The minimum absolute atomic E-state index is 0.164. The Morgan fingerprint density at radius 3 is 2.38 bits per heavy atom. The topological polar surface area (TPSA) is 41.1 Å². The number of nitrogens with one attached hydrogen (secondary N) is 2. The highest BCUT2D eigenvalue weighted by molar-refractivity contribution is 6.30. The Balaban J connectivity index is 2.76. The summed E-state index contributed by atoms with van der Waals surface area (Å²) in [6.07, 6.45) is 0. The minimum atomic E-state index is -0.413. The molecule has 2 amide bonds. The summed E-state index contributed by atoms with van der Waals surface area (Å²) in [4.78, 5) is 11.5. The van der Waals surface area contributed by atoms with Crippen LogP contribution in [0, 0.1) is 0 Å². The molecule has 0 unspecified atom stereocenters. The molecule has 0 aliphatic carbocycles. The van der Waals surface area contributed by atoms with Crippen LogP contribution in [0.1, 0.15) is 26.3 Å². The zero-order valence-corrected chi connectivity index (χ0v) is 10.6. The van der Waals surface area contributed by atoms with Gasteiger partial charge < -0.3 is 10.6 Å². The zero-order valence-electron chi connectivity index (χ0n) is 9.80. The van der Waals surface area contributed by atoms with Crippen LogP contribution in [0.5, 0.6) is 0 Å². The lowest BCUT2D eigenvalue weighted by molar-refractivity contribution is 0.230. The van der Waals surface area contributed by atoms with Gasteiger partial charge in [-0.1, -0.05) is 23.7 Å². The highest BCUT2D eigenvalue weighted by Gasteiger charge is 2.22. The molecule has 88 valence electrons. The first-order chi connectivity index (χ1) is 7.45. The second-order valence-electron chi connectivity index (χ2n) is 4.12. The van der Waals surface area contributed by atoms with Gasteiger partial charge in [-0.05, 0) is 38.5 Å². The Kier molecular flexibility index (Phi) is 4.19. The number of rotatable bonds is 3. The molecular weight excluding hydrogens is 224 g/mol. The summed E-state index contributed by atoms with van der Waals surface area (Å²) in [6.45, 7) is 6.40. The highest BCUT2D eigenvalue weighted by atomic mass is 35.5. The molecule has 16 heavy (non-hydrogen) atoms. The fraction of sp³-hybridized carbons (Fsp3) is 0.417. The molecule has 0 spiro atoms. The van der Waals surface area contributed by atoms with Gasteiger partial charge in [-0.25, -0.2) is 4.79 Å². The van der Waals surface area contributed by atoms with E-state index in [-0.39, 0.29) is 6.03 Å². The van der Waals surface area contributed by atoms with Gasteiger partial charge >= 0.3 is 6.03 Å². The average molecular weight is 241 g/mol. The van der Waals surface area contributed by atoms with E-state index in [4.69, 9.17) is 11.6 Å². The highest BCUT2D eigenvalue weighted by Crippen LogP contribution is 2.21. The fourth-order valence-electron chi connectivity index (χ4n) is 1.43. The largest absolute Gasteiger partial charge is 0.338 e. The van der Waals surface area contributed by atoms with E-state index >= 15 is 0 Å². The van der Waals surface area contributed by atoms with Crippen molar-refractivity contribution in [2.24, 2.45) is 0 Å². The summed E-state index contributed by atoms with van der Waals surface area (Å²) < 4.78 is 0. The van der Waals surface area contributed by atoms with Crippen molar-refractivity contribution in [3.05, 3.63) is 34.9 Å². The van der Waals surface area contributed by atoms with E-state index in [2.05, 4.69) is 10.6 Å². The number of carbonyl (C=O) groups excluding carboxylic acids is 1. The van der Waals surface area contributed by atoms with Crippen molar-refractivity contribution in [3.63, 3.8) is 0 Å². The van der Waals surface area contributed by atoms with Gasteiger partial charge in [0.1, 0.15) is 0 Å². The Hall–Kier alpha value is -1.22. The predicted molar refractivity (Wildman–Crippen MR) is 66.7 cm³/mol. The number of hydrogen-bond donors (Lipinski definition) is 2. The van der Waals surface area contributed by atoms with Gasteiger partial charge in [-0.3, -0.25) is 0 Å². The van der Waals surface area contributed by atoms with E-state index in [1.165, 1.54) is 0 Å². The molecule has 1 aromatic carbocycles. The van der Waals surface area contributed by atoms with Crippen LogP contribution in [0.2, 0.25) is 5.02 Å². The van der Waals surface area contributed by atoms with Crippen LogP contribution in [0.25, 0.3) is 0 Å². The maximum Gasteiger partial charge on any atom is 0.315 e. The normalized spacial score (nSPS) is 11.0.